The van der Waals surface area contributed by atoms with E-state index in [1.54, 1.807) is 11.9 Å². The molecule has 2 aromatic rings. The Hall–Kier alpha value is -3.35. The van der Waals surface area contributed by atoms with Gasteiger partial charge in [-0.25, -0.2) is 4.79 Å². The highest BCUT2D eigenvalue weighted by Crippen LogP contribution is 2.44. The summed E-state index contributed by atoms with van der Waals surface area (Å²) in [5.41, 5.74) is 4.47. The van der Waals surface area contributed by atoms with Crippen molar-refractivity contribution in [3.63, 3.8) is 0 Å². The fraction of sp³-hybridized carbons (Fsp3) is 0.464. The third-order valence-electron chi connectivity index (χ3n) is 7.49. The number of hydrogen-bond acceptors (Lipinski definition) is 4. The molecule has 1 saturated carbocycles. The van der Waals surface area contributed by atoms with Gasteiger partial charge in [0.1, 0.15) is 12.6 Å². The first-order chi connectivity index (χ1) is 16.9. The third-order valence-corrected chi connectivity index (χ3v) is 7.49. The molecule has 0 bridgehead atoms. The first-order valence-electron chi connectivity index (χ1n) is 12.5. The smallest absolute Gasteiger partial charge is 0.407 e. The van der Waals surface area contributed by atoms with Crippen LogP contribution in [0.15, 0.2) is 48.5 Å². The lowest BCUT2D eigenvalue weighted by Crippen LogP contribution is -2.52. The second-order valence-electron chi connectivity index (χ2n) is 9.73. The molecule has 3 atom stereocenters. The van der Waals surface area contributed by atoms with Crippen molar-refractivity contribution >= 4 is 18.0 Å². The molecule has 2 N–H and O–H groups in total. The third kappa shape index (κ3) is 5.50. The average molecular weight is 479 g/mol. The van der Waals surface area contributed by atoms with E-state index in [1.807, 2.05) is 36.4 Å². The molecule has 3 unspecified atom stereocenters. The topological polar surface area (TPSA) is 95.9 Å². The number of carboxylic acids is 1. The maximum atomic E-state index is 13.3. The van der Waals surface area contributed by atoms with E-state index in [0.717, 1.165) is 47.9 Å². The number of nitrogens with zero attached hydrogens (tertiary/aromatic N) is 1. The maximum Gasteiger partial charge on any atom is 0.407 e. The zero-order valence-corrected chi connectivity index (χ0v) is 20.4. The summed E-state index contributed by atoms with van der Waals surface area (Å²) < 4.78 is 5.61. The number of nitrogens with one attached hydrogen (secondary N) is 1. The van der Waals surface area contributed by atoms with Crippen LogP contribution in [0, 0.1) is 5.92 Å². The van der Waals surface area contributed by atoms with Gasteiger partial charge in [0, 0.05) is 25.4 Å². The van der Waals surface area contributed by atoms with Gasteiger partial charge in [0.15, 0.2) is 0 Å². The number of fused-ring (bicyclic) bond motifs is 3. The van der Waals surface area contributed by atoms with E-state index in [-0.39, 0.29) is 37.3 Å². The van der Waals surface area contributed by atoms with Gasteiger partial charge in [0.25, 0.3) is 0 Å². The quantitative estimate of drug-likeness (QED) is 0.568. The lowest BCUT2D eigenvalue weighted by molar-refractivity contribution is -0.138. The first-order valence-corrected chi connectivity index (χ1v) is 12.5. The predicted molar refractivity (Wildman–Crippen MR) is 133 cm³/mol. The molecule has 2 aromatic carbocycles. The normalized spacial score (nSPS) is 19.8. The minimum atomic E-state index is -1.01. The molecule has 35 heavy (non-hydrogen) atoms. The van der Waals surface area contributed by atoms with Crippen LogP contribution >= 0.6 is 0 Å². The highest BCUT2D eigenvalue weighted by molar-refractivity contribution is 5.86. The second kappa shape index (κ2) is 10.9. The van der Waals surface area contributed by atoms with Crippen LogP contribution in [0.2, 0.25) is 0 Å². The lowest BCUT2D eigenvalue weighted by Gasteiger charge is -2.38. The van der Waals surface area contributed by atoms with E-state index in [2.05, 4.69) is 24.4 Å². The van der Waals surface area contributed by atoms with Gasteiger partial charge in [-0.15, -0.1) is 0 Å². The molecular weight excluding hydrogens is 444 g/mol. The van der Waals surface area contributed by atoms with E-state index >= 15 is 0 Å². The van der Waals surface area contributed by atoms with Crippen LogP contribution in [0.25, 0.3) is 11.1 Å². The van der Waals surface area contributed by atoms with Gasteiger partial charge < -0.3 is 20.1 Å². The highest BCUT2D eigenvalue weighted by Gasteiger charge is 2.34. The first kappa shape index (κ1) is 24.8. The number of hydrogen-bond donors (Lipinski definition) is 2. The summed E-state index contributed by atoms with van der Waals surface area (Å²) in [5.74, 6) is -0.997. The molecule has 7 nitrogen and oxygen atoms in total. The Labute approximate surface area is 206 Å². The van der Waals surface area contributed by atoms with Crippen LogP contribution in [0.5, 0.6) is 0 Å². The Kier molecular flexibility index (Phi) is 7.73. The van der Waals surface area contributed by atoms with Gasteiger partial charge in [-0.05, 0) is 47.4 Å². The number of amides is 2. The van der Waals surface area contributed by atoms with Crippen molar-refractivity contribution in [1.82, 2.24) is 10.2 Å². The largest absolute Gasteiger partial charge is 0.481 e. The van der Waals surface area contributed by atoms with E-state index in [1.165, 1.54) is 0 Å². The molecule has 0 heterocycles. The number of carboxylic acid groups (broad SMARTS) is 1. The molecule has 2 aliphatic rings. The van der Waals surface area contributed by atoms with Crippen LogP contribution in [-0.4, -0.2) is 53.7 Å². The minimum absolute atomic E-state index is 0.0177. The SMILES string of the molecule is CC1CCCCC1N(C)C(=O)C(CCC(=O)O)NC(=O)OCC1c2ccccc2-c2ccccc21. The Morgan fingerprint density at radius 2 is 1.63 bits per heavy atom. The molecule has 0 spiro atoms. The summed E-state index contributed by atoms with van der Waals surface area (Å²) in [4.78, 5) is 39.0. The number of likely N-dealkylation sites (N-methyl/N-ethyl adjacent to an activating group) is 1. The summed E-state index contributed by atoms with van der Waals surface area (Å²) in [6.07, 6.45) is 3.28. The van der Waals surface area contributed by atoms with Crippen LogP contribution < -0.4 is 5.32 Å². The van der Waals surface area contributed by atoms with Crippen molar-refractivity contribution in [2.45, 2.75) is 63.5 Å². The Balaban J connectivity index is 1.43. The summed E-state index contributed by atoms with van der Waals surface area (Å²) in [7, 11) is 1.75. The van der Waals surface area contributed by atoms with Crippen molar-refractivity contribution in [3.8, 4) is 11.1 Å². The summed E-state index contributed by atoms with van der Waals surface area (Å²) in [6.45, 7) is 2.27. The predicted octanol–water partition coefficient (Wildman–Crippen LogP) is 4.80. The van der Waals surface area contributed by atoms with E-state index in [4.69, 9.17) is 4.74 Å². The molecule has 1 fully saturated rings. The monoisotopic (exact) mass is 478 g/mol. The number of alkyl carbamates (subject to hydrolysis) is 1. The molecule has 4 rings (SSSR count). The average Bonchev–Trinajstić information content (AvgIpc) is 3.18. The zero-order valence-electron chi connectivity index (χ0n) is 20.4. The Morgan fingerprint density at radius 3 is 2.23 bits per heavy atom. The maximum absolute atomic E-state index is 13.3. The number of aliphatic carboxylic acids is 1. The Bertz CT molecular complexity index is 1040. The van der Waals surface area contributed by atoms with E-state index in [9.17, 15) is 19.5 Å². The molecule has 0 aliphatic heterocycles. The minimum Gasteiger partial charge on any atom is -0.481 e. The fourth-order valence-electron chi connectivity index (χ4n) is 5.59. The lowest BCUT2D eigenvalue weighted by atomic mass is 9.85. The zero-order chi connectivity index (χ0) is 24.9. The molecule has 0 aromatic heterocycles. The summed E-state index contributed by atoms with van der Waals surface area (Å²) >= 11 is 0. The summed E-state index contributed by atoms with van der Waals surface area (Å²) in [6, 6.07) is 15.3. The van der Waals surface area contributed by atoms with Gasteiger partial charge in [-0.1, -0.05) is 68.3 Å². The number of rotatable bonds is 8. The van der Waals surface area contributed by atoms with Crippen LogP contribution in [0.4, 0.5) is 4.79 Å². The molecule has 7 heteroatoms. The summed E-state index contributed by atoms with van der Waals surface area (Å²) in [5, 5.41) is 11.8. The van der Waals surface area contributed by atoms with E-state index < -0.39 is 18.1 Å². The number of carbonyl (C=O) groups is 3. The Morgan fingerprint density at radius 1 is 1.03 bits per heavy atom. The number of ether oxygens (including phenoxy) is 1. The molecule has 186 valence electrons. The molecule has 2 amide bonds. The van der Waals surface area contributed by atoms with Crippen molar-refractivity contribution in [2.24, 2.45) is 5.92 Å². The van der Waals surface area contributed by atoms with Gasteiger partial charge in [0.05, 0.1) is 0 Å². The van der Waals surface area contributed by atoms with E-state index in [0.29, 0.717) is 5.92 Å². The van der Waals surface area contributed by atoms with Gasteiger partial charge in [0.2, 0.25) is 5.91 Å². The van der Waals surface area contributed by atoms with Crippen molar-refractivity contribution < 1.29 is 24.2 Å². The van der Waals surface area contributed by atoms with Gasteiger partial charge in [-0.3, -0.25) is 9.59 Å². The molecule has 0 radical (unpaired) electrons. The molecular formula is C28H34N2O5. The van der Waals surface area contributed by atoms with Crippen molar-refractivity contribution in [3.05, 3.63) is 59.7 Å². The van der Waals surface area contributed by atoms with Crippen molar-refractivity contribution in [2.75, 3.05) is 13.7 Å². The van der Waals surface area contributed by atoms with Gasteiger partial charge >= 0.3 is 12.1 Å². The van der Waals surface area contributed by atoms with Crippen molar-refractivity contribution in [1.29, 1.82) is 0 Å². The number of benzene rings is 2. The standard InChI is InChI=1S/C28H34N2O5/c1-18-9-3-8-14-25(18)30(2)27(33)24(15-16-26(31)32)29-28(34)35-17-23-21-12-6-4-10-19(21)20-11-5-7-13-22(20)23/h4-7,10-13,18,23-25H,3,8-9,14-17H2,1-2H3,(H,29,34)(H,31,32). The fourth-order valence-corrected chi connectivity index (χ4v) is 5.59. The van der Waals surface area contributed by atoms with Crippen LogP contribution in [0.1, 0.15) is 62.5 Å². The van der Waals surface area contributed by atoms with Crippen LogP contribution in [0.3, 0.4) is 0 Å². The molecule has 0 saturated heterocycles. The van der Waals surface area contributed by atoms with Gasteiger partial charge in [-0.2, -0.15) is 0 Å². The highest BCUT2D eigenvalue weighted by atomic mass is 16.5. The van der Waals surface area contributed by atoms with Crippen LogP contribution in [-0.2, 0) is 14.3 Å². The number of carbonyl (C=O) groups excluding carboxylic acids is 2. The second-order valence-corrected chi connectivity index (χ2v) is 9.73. The molecule has 2 aliphatic carbocycles.